The molecule has 7 heteroatoms. The maximum absolute atomic E-state index is 12.5. The summed E-state index contributed by atoms with van der Waals surface area (Å²) in [7, 11) is 0. The number of amides is 1. The average Bonchev–Trinajstić information content (AvgIpc) is 3.14. The fourth-order valence-corrected chi connectivity index (χ4v) is 2.43. The standard InChI is InChI=1S/C16H25N3O4/c1-5-8-18-10-11(9-17-18)13(14(20)21)19(12-6-7-12)15(22)23-16(2,3)4/h9-10,12-13H,5-8H2,1-4H3,(H,20,21). The van der Waals surface area contributed by atoms with Crippen LogP contribution in [0.25, 0.3) is 0 Å². The van der Waals surface area contributed by atoms with Gasteiger partial charge in [0.1, 0.15) is 5.60 Å². The van der Waals surface area contributed by atoms with E-state index in [1.54, 1.807) is 31.6 Å². The van der Waals surface area contributed by atoms with Crippen LogP contribution in [0, 0.1) is 0 Å². The number of rotatable bonds is 6. The minimum Gasteiger partial charge on any atom is -0.479 e. The predicted octanol–water partition coefficient (Wildman–Crippen LogP) is 2.82. The van der Waals surface area contributed by atoms with Crippen molar-refractivity contribution in [2.24, 2.45) is 0 Å². The number of aliphatic carboxylic acids is 1. The van der Waals surface area contributed by atoms with Crippen LogP contribution in [0.2, 0.25) is 0 Å². The van der Waals surface area contributed by atoms with Crippen molar-refractivity contribution in [2.75, 3.05) is 0 Å². The fraction of sp³-hybridized carbons (Fsp3) is 0.688. The molecule has 1 N–H and O–H groups in total. The van der Waals surface area contributed by atoms with Crippen LogP contribution in [0.15, 0.2) is 12.4 Å². The molecule has 0 spiro atoms. The molecule has 1 aromatic heterocycles. The molecule has 1 saturated carbocycles. The Labute approximate surface area is 136 Å². The molecule has 0 saturated heterocycles. The molecule has 0 aliphatic heterocycles. The Balaban J connectivity index is 2.28. The number of hydrogen-bond acceptors (Lipinski definition) is 4. The molecule has 2 rings (SSSR count). The van der Waals surface area contributed by atoms with E-state index in [4.69, 9.17) is 4.74 Å². The summed E-state index contributed by atoms with van der Waals surface area (Å²) in [5.41, 5.74) is -0.164. The molecule has 1 aromatic rings. The van der Waals surface area contributed by atoms with Crippen molar-refractivity contribution in [1.29, 1.82) is 0 Å². The Morgan fingerprint density at radius 1 is 1.48 bits per heavy atom. The van der Waals surface area contributed by atoms with Crippen LogP contribution in [0.3, 0.4) is 0 Å². The minimum atomic E-state index is -1.07. The van der Waals surface area contributed by atoms with Crippen molar-refractivity contribution in [1.82, 2.24) is 14.7 Å². The zero-order valence-electron chi connectivity index (χ0n) is 14.2. The molecule has 23 heavy (non-hydrogen) atoms. The van der Waals surface area contributed by atoms with Gasteiger partial charge < -0.3 is 9.84 Å². The number of carboxylic acid groups (broad SMARTS) is 1. The molecule has 0 radical (unpaired) electrons. The van der Waals surface area contributed by atoms with E-state index < -0.39 is 23.7 Å². The van der Waals surface area contributed by atoms with E-state index in [2.05, 4.69) is 5.10 Å². The lowest BCUT2D eigenvalue weighted by Gasteiger charge is -2.31. The van der Waals surface area contributed by atoms with Gasteiger partial charge in [0, 0.05) is 24.3 Å². The second kappa shape index (κ2) is 6.60. The molecule has 7 nitrogen and oxygen atoms in total. The van der Waals surface area contributed by atoms with Crippen molar-refractivity contribution in [3.8, 4) is 0 Å². The summed E-state index contributed by atoms with van der Waals surface area (Å²) < 4.78 is 7.10. The summed E-state index contributed by atoms with van der Waals surface area (Å²) in [6.45, 7) is 8.04. The van der Waals surface area contributed by atoms with Gasteiger partial charge in [0.25, 0.3) is 0 Å². The molecule has 1 amide bonds. The second-order valence-corrected chi connectivity index (χ2v) is 6.90. The molecule has 1 unspecified atom stereocenters. The maximum Gasteiger partial charge on any atom is 0.411 e. The topological polar surface area (TPSA) is 84.7 Å². The maximum atomic E-state index is 12.5. The third-order valence-electron chi connectivity index (χ3n) is 3.48. The molecule has 128 valence electrons. The molecular formula is C16H25N3O4. The largest absolute Gasteiger partial charge is 0.479 e. The highest BCUT2D eigenvalue weighted by molar-refractivity contribution is 5.82. The number of ether oxygens (including phenoxy) is 1. The third kappa shape index (κ3) is 4.46. The van der Waals surface area contributed by atoms with Gasteiger partial charge in [-0.15, -0.1) is 0 Å². The molecule has 1 aliphatic carbocycles. The van der Waals surface area contributed by atoms with Crippen molar-refractivity contribution in [2.45, 2.75) is 71.2 Å². The second-order valence-electron chi connectivity index (χ2n) is 6.90. The van der Waals surface area contributed by atoms with Crippen LogP contribution in [-0.4, -0.2) is 43.5 Å². The summed E-state index contributed by atoms with van der Waals surface area (Å²) in [4.78, 5) is 25.7. The first kappa shape index (κ1) is 17.3. The number of aromatic nitrogens is 2. The van der Waals surface area contributed by atoms with Gasteiger partial charge in [-0.3, -0.25) is 9.58 Å². The van der Waals surface area contributed by atoms with Crippen molar-refractivity contribution in [3.05, 3.63) is 18.0 Å². The van der Waals surface area contributed by atoms with Gasteiger partial charge in [-0.2, -0.15) is 5.10 Å². The van der Waals surface area contributed by atoms with Crippen molar-refractivity contribution >= 4 is 12.1 Å². The summed E-state index contributed by atoms with van der Waals surface area (Å²) in [5, 5.41) is 13.9. The van der Waals surface area contributed by atoms with Crippen LogP contribution in [-0.2, 0) is 16.1 Å². The first-order chi connectivity index (χ1) is 10.7. The Morgan fingerprint density at radius 3 is 2.61 bits per heavy atom. The van der Waals surface area contributed by atoms with E-state index in [0.717, 1.165) is 19.3 Å². The monoisotopic (exact) mass is 323 g/mol. The Morgan fingerprint density at radius 2 is 2.13 bits per heavy atom. The van der Waals surface area contributed by atoms with Crippen LogP contribution in [0.4, 0.5) is 4.79 Å². The number of hydrogen-bond donors (Lipinski definition) is 1. The van der Waals surface area contributed by atoms with Gasteiger partial charge in [-0.05, 0) is 40.0 Å². The van der Waals surface area contributed by atoms with Crippen LogP contribution >= 0.6 is 0 Å². The summed E-state index contributed by atoms with van der Waals surface area (Å²) in [6.07, 6.45) is 5.13. The summed E-state index contributed by atoms with van der Waals surface area (Å²) >= 11 is 0. The molecule has 0 aromatic carbocycles. The predicted molar refractivity (Wildman–Crippen MR) is 84.0 cm³/mol. The fourth-order valence-electron chi connectivity index (χ4n) is 2.43. The van der Waals surface area contributed by atoms with Gasteiger partial charge >= 0.3 is 12.1 Å². The van der Waals surface area contributed by atoms with Crippen LogP contribution in [0.5, 0.6) is 0 Å². The Hall–Kier alpha value is -2.05. The van der Waals surface area contributed by atoms with E-state index >= 15 is 0 Å². The molecule has 1 atom stereocenters. The zero-order chi connectivity index (χ0) is 17.2. The van der Waals surface area contributed by atoms with Crippen molar-refractivity contribution in [3.63, 3.8) is 0 Å². The normalized spacial score (nSPS) is 16.0. The number of carbonyl (C=O) groups excluding carboxylic acids is 1. The van der Waals surface area contributed by atoms with Gasteiger partial charge in [-0.1, -0.05) is 6.92 Å². The highest BCUT2D eigenvalue weighted by atomic mass is 16.6. The summed E-state index contributed by atoms with van der Waals surface area (Å²) in [6, 6.07) is -1.15. The van der Waals surface area contributed by atoms with E-state index in [1.165, 1.54) is 11.1 Å². The van der Waals surface area contributed by atoms with Gasteiger partial charge in [0.2, 0.25) is 0 Å². The number of carbonyl (C=O) groups is 2. The molecular weight excluding hydrogens is 298 g/mol. The first-order valence-electron chi connectivity index (χ1n) is 7.99. The van der Waals surface area contributed by atoms with Gasteiger partial charge in [-0.25, -0.2) is 9.59 Å². The number of nitrogens with zero attached hydrogens (tertiary/aromatic N) is 3. The average molecular weight is 323 g/mol. The lowest BCUT2D eigenvalue weighted by atomic mass is 10.1. The quantitative estimate of drug-likeness (QED) is 0.870. The molecule has 1 heterocycles. The number of aryl methyl sites for hydroxylation is 1. The minimum absolute atomic E-state index is 0.0829. The van der Waals surface area contributed by atoms with E-state index in [1.807, 2.05) is 6.92 Å². The third-order valence-corrected chi connectivity index (χ3v) is 3.48. The molecule has 1 aliphatic rings. The van der Waals surface area contributed by atoms with Gasteiger partial charge in [0.05, 0.1) is 6.20 Å². The highest BCUT2D eigenvalue weighted by Crippen LogP contribution is 2.36. The van der Waals surface area contributed by atoms with Gasteiger partial charge in [0.15, 0.2) is 6.04 Å². The Bertz CT molecular complexity index is 572. The highest BCUT2D eigenvalue weighted by Gasteiger charge is 2.43. The SMILES string of the molecule is CCCn1cc(C(C(=O)O)N(C(=O)OC(C)(C)C)C2CC2)cn1. The summed E-state index contributed by atoms with van der Waals surface area (Å²) in [5.74, 6) is -1.07. The Kier molecular flexibility index (Phi) is 4.97. The van der Waals surface area contributed by atoms with E-state index in [0.29, 0.717) is 12.1 Å². The smallest absolute Gasteiger partial charge is 0.411 e. The molecule has 1 fully saturated rings. The zero-order valence-corrected chi connectivity index (χ0v) is 14.2. The lowest BCUT2D eigenvalue weighted by molar-refractivity contribution is -0.143. The molecule has 0 bridgehead atoms. The van der Waals surface area contributed by atoms with E-state index in [9.17, 15) is 14.7 Å². The number of carboxylic acids is 1. The lowest BCUT2D eigenvalue weighted by Crippen LogP contribution is -2.43. The van der Waals surface area contributed by atoms with Crippen LogP contribution in [0.1, 0.15) is 58.6 Å². The van der Waals surface area contributed by atoms with Crippen molar-refractivity contribution < 1.29 is 19.4 Å². The first-order valence-corrected chi connectivity index (χ1v) is 7.99. The van der Waals surface area contributed by atoms with Crippen LogP contribution < -0.4 is 0 Å². The van der Waals surface area contributed by atoms with E-state index in [-0.39, 0.29) is 6.04 Å².